The summed E-state index contributed by atoms with van der Waals surface area (Å²) in [4.78, 5) is 22.6. The fourth-order valence-corrected chi connectivity index (χ4v) is 1.89. The molecule has 0 saturated carbocycles. The third-order valence-corrected chi connectivity index (χ3v) is 2.88. The van der Waals surface area contributed by atoms with Crippen molar-refractivity contribution >= 4 is 11.7 Å². The highest BCUT2D eigenvalue weighted by molar-refractivity contribution is 5.96. The van der Waals surface area contributed by atoms with Crippen molar-refractivity contribution in [2.45, 2.75) is 33.3 Å². The SMILES string of the molecule is Cc1ccc([N+](=O)[O-])cc1-c1nocc1C(=O)OC(C)(C)C. The smallest absolute Gasteiger partial charge is 0.344 e. The summed E-state index contributed by atoms with van der Waals surface area (Å²) >= 11 is 0. The number of hydrogen-bond acceptors (Lipinski definition) is 6. The molecule has 0 saturated heterocycles. The van der Waals surface area contributed by atoms with E-state index in [0.29, 0.717) is 5.56 Å². The van der Waals surface area contributed by atoms with E-state index in [2.05, 4.69) is 5.16 Å². The fourth-order valence-electron chi connectivity index (χ4n) is 1.89. The number of nitro benzene ring substituents is 1. The Hall–Kier alpha value is -2.70. The molecule has 1 aromatic heterocycles. The molecule has 7 heteroatoms. The summed E-state index contributed by atoms with van der Waals surface area (Å²) < 4.78 is 10.2. The Bertz CT molecular complexity index is 728. The highest BCUT2D eigenvalue weighted by Gasteiger charge is 2.25. The molecule has 0 aliphatic rings. The number of nitro groups is 1. The number of esters is 1. The quantitative estimate of drug-likeness (QED) is 0.489. The van der Waals surface area contributed by atoms with Crippen molar-refractivity contribution in [3.05, 3.63) is 45.7 Å². The van der Waals surface area contributed by atoms with E-state index in [0.717, 1.165) is 5.56 Å². The van der Waals surface area contributed by atoms with Crippen LogP contribution in [0.4, 0.5) is 5.69 Å². The summed E-state index contributed by atoms with van der Waals surface area (Å²) in [5.41, 5.74) is 0.824. The highest BCUT2D eigenvalue weighted by Crippen LogP contribution is 2.30. The number of ether oxygens (including phenoxy) is 1. The third kappa shape index (κ3) is 3.30. The van der Waals surface area contributed by atoms with E-state index in [-0.39, 0.29) is 16.9 Å². The van der Waals surface area contributed by atoms with Gasteiger partial charge >= 0.3 is 5.97 Å². The van der Waals surface area contributed by atoms with Gasteiger partial charge in [0.2, 0.25) is 0 Å². The Morgan fingerprint density at radius 2 is 2.05 bits per heavy atom. The van der Waals surface area contributed by atoms with Gasteiger partial charge in [0.1, 0.15) is 23.1 Å². The van der Waals surface area contributed by atoms with Crippen molar-refractivity contribution in [3.8, 4) is 11.3 Å². The molecule has 0 unspecified atom stereocenters. The molecule has 0 amide bonds. The van der Waals surface area contributed by atoms with Crippen LogP contribution in [0.5, 0.6) is 0 Å². The first-order valence-electron chi connectivity index (χ1n) is 6.62. The van der Waals surface area contributed by atoms with E-state index in [1.54, 1.807) is 33.8 Å². The van der Waals surface area contributed by atoms with Gasteiger partial charge in [0.25, 0.3) is 5.69 Å². The fraction of sp³-hybridized carbons (Fsp3) is 0.333. The zero-order valence-corrected chi connectivity index (χ0v) is 12.7. The summed E-state index contributed by atoms with van der Waals surface area (Å²) in [6.07, 6.45) is 1.18. The van der Waals surface area contributed by atoms with Crippen molar-refractivity contribution in [3.63, 3.8) is 0 Å². The van der Waals surface area contributed by atoms with E-state index in [1.165, 1.54) is 18.4 Å². The standard InChI is InChI=1S/C15H16N2O5/c1-9-5-6-10(17(19)20)7-11(9)13-12(8-21-16-13)14(18)22-15(2,3)4/h5-8H,1-4H3. The van der Waals surface area contributed by atoms with Gasteiger partial charge in [-0.1, -0.05) is 11.2 Å². The number of non-ortho nitro benzene ring substituents is 1. The van der Waals surface area contributed by atoms with Crippen LogP contribution < -0.4 is 0 Å². The number of aryl methyl sites for hydroxylation is 1. The molecule has 0 spiro atoms. The lowest BCUT2D eigenvalue weighted by molar-refractivity contribution is -0.384. The molecule has 0 bridgehead atoms. The predicted octanol–water partition coefficient (Wildman–Crippen LogP) is 3.51. The minimum absolute atomic E-state index is 0.0845. The summed E-state index contributed by atoms with van der Waals surface area (Å²) in [5, 5.41) is 14.7. The molecule has 116 valence electrons. The predicted molar refractivity (Wildman–Crippen MR) is 78.5 cm³/mol. The average molecular weight is 304 g/mol. The average Bonchev–Trinajstić information content (AvgIpc) is 2.86. The van der Waals surface area contributed by atoms with Crippen LogP contribution >= 0.6 is 0 Å². The molecule has 2 rings (SSSR count). The second-order valence-electron chi connectivity index (χ2n) is 5.84. The summed E-state index contributed by atoms with van der Waals surface area (Å²) in [7, 11) is 0. The molecule has 22 heavy (non-hydrogen) atoms. The lowest BCUT2D eigenvalue weighted by Gasteiger charge is -2.19. The number of rotatable bonds is 3. The molecule has 0 radical (unpaired) electrons. The van der Waals surface area contributed by atoms with Gasteiger partial charge in [-0.25, -0.2) is 4.79 Å². The molecule has 7 nitrogen and oxygen atoms in total. The lowest BCUT2D eigenvalue weighted by Crippen LogP contribution is -2.24. The molecule has 1 heterocycles. The summed E-state index contributed by atoms with van der Waals surface area (Å²) in [6, 6.07) is 4.36. The number of carbonyl (C=O) groups excluding carboxylic acids is 1. The molecular weight excluding hydrogens is 288 g/mol. The van der Waals surface area contributed by atoms with Crippen LogP contribution in [-0.2, 0) is 4.74 Å². The summed E-state index contributed by atoms with van der Waals surface area (Å²) in [6.45, 7) is 7.01. The van der Waals surface area contributed by atoms with E-state index in [4.69, 9.17) is 9.26 Å². The zero-order chi connectivity index (χ0) is 16.5. The van der Waals surface area contributed by atoms with Crippen molar-refractivity contribution in [1.82, 2.24) is 5.16 Å². The second-order valence-corrected chi connectivity index (χ2v) is 5.84. The normalized spacial score (nSPS) is 11.3. The van der Waals surface area contributed by atoms with E-state index in [1.807, 2.05) is 0 Å². The first kappa shape index (κ1) is 15.7. The second kappa shape index (κ2) is 5.59. The van der Waals surface area contributed by atoms with E-state index >= 15 is 0 Å². The molecule has 0 atom stereocenters. The number of carbonyl (C=O) groups is 1. The van der Waals surface area contributed by atoms with Crippen LogP contribution in [0.3, 0.4) is 0 Å². The maximum atomic E-state index is 12.2. The topological polar surface area (TPSA) is 95.5 Å². The molecular formula is C15H16N2O5. The van der Waals surface area contributed by atoms with Gasteiger partial charge in [0, 0.05) is 17.7 Å². The number of aromatic nitrogens is 1. The van der Waals surface area contributed by atoms with Gasteiger partial charge < -0.3 is 9.26 Å². The van der Waals surface area contributed by atoms with Crippen LogP contribution in [0.1, 0.15) is 36.7 Å². The van der Waals surface area contributed by atoms with Gasteiger partial charge in [-0.05, 0) is 33.3 Å². The lowest BCUT2D eigenvalue weighted by atomic mass is 10.0. The van der Waals surface area contributed by atoms with E-state index < -0.39 is 16.5 Å². The number of hydrogen-bond donors (Lipinski definition) is 0. The molecule has 0 N–H and O–H groups in total. The first-order valence-corrected chi connectivity index (χ1v) is 6.62. The first-order chi connectivity index (χ1) is 10.2. The van der Waals surface area contributed by atoms with Gasteiger partial charge in [-0.15, -0.1) is 0 Å². The number of nitrogens with zero attached hydrogens (tertiary/aromatic N) is 2. The molecule has 0 aliphatic carbocycles. The van der Waals surface area contributed by atoms with Crippen LogP contribution in [0.15, 0.2) is 29.0 Å². The molecule has 0 fully saturated rings. The Morgan fingerprint density at radius 1 is 1.36 bits per heavy atom. The monoisotopic (exact) mass is 304 g/mol. The number of benzene rings is 1. The molecule has 1 aromatic carbocycles. The largest absolute Gasteiger partial charge is 0.456 e. The van der Waals surface area contributed by atoms with Crippen LogP contribution in [0, 0.1) is 17.0 Å². The van der Waals surface area contributed by atoms with Gasteiger partial charge in [0.05, 0.1) is 4.92 Å². The van der Waals surface area contributed by atoms with Gasteiger partial charge in [-0.2, -0.15) is 0 Å². The molecule has 2 aromatic rings. The Balaban J connectivity index is 2.47. The van der Waals surface area contributed by atoms with Crippen molar-refractivity contribution in [2.75, 3.05) is 0 Å². The van der Waals surface area contributed by atoms with Crippen LogP contribution in [0.2, 0.25) is 0 Å². The van der Waals surface area contributed by atoms with E-state index in [9.17, 15) is 14.9 Å². The van der Waals surface area contributed by atoms with Crippen molar-refractivity contribution in [2.24, 2.45) is 0 Å². The van der Waals surface area contributed by atoms with Gasteiger partial charge in [-0.3, -0.25) is 10.1 Å². The van der Waals surface area contributed by atoms with Crippen molar-refractivity contribution in [1.29, 1.82) is 0 Å². The zero-order valence-electron chi connectivity index (χ0n) is 12.7. The van der Waals surface area contributed by atoms with Gasteiger partial charge in [0.15, 0.2) is 0 Å². The minimum Gasteiger partial charge on any atom is -0.456 e. The van der Waals surface area contributed by atoms with Crippen LogP contribution in [0.25, 0.3) is 11.3 Å². The summed E-state index contributed by atoms with van der Waals surface area (Å²) in [5.74, 6) is -0.588. The Labute approximate surface area is 127 Å². The third-order valence-electron chi connectivity index (χ3n) is 2.88. The van der Waals surface area contributed by atoms with Crippen LogP contribution in [-0.4, -0.2) is 21.7 Å². The maximum absolute atomic E-state index is 12.2. The van der Waals surface area contributed by atoms with Crippen molar-refractivity contribution < 1.29 is 19.0 Å². The molecule has 0 aliphatic heterocycles. The highest BCUT2D eigenvalue weighted by atomic mass is 16.6. The maximum Gasteiger partial charge on any atom is 0.344 e. The minimum atomic E-state index is -0.663. The Morgan fingerprint density at radius 3 is 2.64 bits per heavy atom. The Kier molecular flexibility index (Phi) is 3.99.